The van der Waals surface area contributed by atoms with Crippen LogP contribution in [0.4, 0.5) is 10.5 Å². The van der Waals surface area contributed by atoms with Crippen molar-refractivity contribution in [2.75, 3.05) is 5.32 Å². The van der Waals surface area contributed by atoms with E-state index in [4.69, 9.17) is 0 Å². The summed E-state index contributed by atoms with van der Waals surface area (Å²) in [6.45, 7) is 3.31. The zero-order chi connectivity index (χ0) is 12.8. The number of hydrogen-bond donors (Lipinski definition) is 1. The maximum atomic E-state index is 12.3. The lowest BCUT2D eigenvalue weighted by atomic mass is 10.3. The van der Waals surface area contributed by atoms with Gasteiger partial charge in [-0.25, -0.2) is 17.5 Å². The summed E-state index contributed by atoms with van der Waals surface area (Å²) in [6.07, 6.45) is 0. The molecule has 0 aliphatic carbocycles. The Bertz CT molecular complexity index is 583. The van der Waals surface area contributed by atoms with Crippen LogP contribution in [0.1, 0.15) is 13.8 Å². The highest BCUT2D eigenvalue weighted by molar-refractivity contribution is 9.10. The molecule has 7 heteroatoms. The van der Waals surface area contributed by atoms with Crippen LogP contribution >= 0.6 is 15.9 Å². The molecule has 0 unspecified atom stereocenters. The van der Waals surface area contributed by atoms with Crippen molar-refractivity contribution in [3.8, 4) is 0 Å². The molecule has 0 spiro atoms. The minimum atomic E-state index is -3.76. The van der Waals surface area contributed by atoms with Crippen LogP contribution in [-0.4, -0.2) is 24.8 Å². The minimum absolute atomic E-state index is 0.111. The SMILES string of the molecule is CC(C)N1C(=O)Nc2ccc(Br)cc2S1(=O)=O. The third kappa shape index (κ3) is 1.93. The maximum absolute atomic E-state index is 12.3. The van der Waals surface area contributed by atoms with Crippen molar-refractivity contribution in [1.29, 1.82) is 0 Å². The van der Waals surface area contributed by atoms with Crippen LogP contribution in [0.15, 0.2) is 27.6 Å². The summed E-state index contributed by atoms with van der Waals surface area (Å²) >= 11 is 3.22. The van der Waals surface area contributed by atoms with E-state index in [0.29, 0.717) is 10.2 Å². The molecule has 0 saturated heterocycles. The Morgan fingerprint density at radius 1 is 1.35 bits per heavy atom. The lowest BCUT2D eigenvalue weighted by Gasteiger charge is -2.31. The number of hydrogen-bond acceptors (Lipinski definition) is 3. The lowest BCUT2D eigenvalue weighted by Crippen LogP contribution is -2.47. The molecule has 1 aliphatic heterocycles. The Labute approximate surface area is 108 Å². The minimum Gasteiger partial charge on any atom is -0.306 e. The summed E-state index contributed by atoms with van der Waals surface area (Å²) in [5.41, 5.74) is 0.315. The van der Waals surface area contributed by atoms with Gasteiger partial charge in [0.25, 0.3) is 10.0 Å². The number of amides is 2. The van der Waals surface area contributed by atoms with Crippen molar-refractivity contribution in [2.24, 2.45) is 0 Å². The van der Waals surface area contributed by atoms with Crippen LogP contribution < -0.4 is 5.32 Å². The van der Waals surface area contributed by atoms with E-state index in [0.717, 1.165) is 4.31 Å². The molecule has 1 heterocycles. The largest absolute Gasteiger partial charge is 0.336 e. The monoisotopic (exact) mass is 318 g/mol. The predicted molar refractivity (Wildman–Crippen MR) is 67.3 cm³/mol. The molecule has 0 aromatic heterocycles. The fraction of sp³-hybridized carbons (Fsp3) is 0.300. The predicted octanol–water partition coefficient (Wildman–Crippen LogP) is 2.39. The summed E-state index contributed by atoms with van der Waals surface area (Å²) in [5.74, 6) is 0. The molecule has 1 aromatic carbocycles. The standard InChI is InChI=1S/C10H11BrN2O3S/c1-6(2)13-10(14)12-8-4-3-7(11)5-9(8)17(13,15)16/h3-6H,1-2H3,(H,12,14). The Hall–Kier alpha value is -1.08. The van der Waals surface area contributed by atoms with Gasteiger partial charge < -0.3 is 5.32 Å². The molecule has 2 amide bonds. The first-order valence-electron chi connectivity index (χ1n) is 4.99. The average Bonchev–Trinajstić information content (AvgIpc) is 2.18. The number of fused-ring (bicyclic) bond motifs is 1. The number of nitrogens with one attached hydrogen (secondary N) is 1. The molecular formula is C10H11BrN2O3S. The number of carbonyl (C=O) groups is 1. The molecule has 0 radical (unpaired) electrons. The highest BCUT2D eigenvalue weighted by Gasteiger charge is 2.38. The van der Waals surface area contributed by atoms with Crippen molar-refractivity contribution in [2.45, 2.75) is 24.8 Å². The number of urea groups is 1. The van der Waals surface area contributed by atoms with Gasteiger partial charge in [-0.1, -0.05) is 15.9 Å². The molecule has 0 fully saturated rings. The topological polar surface area (TPSA) is 66.5 Å². The number of carbonyl (C=O) groups excluding carboxylic acids is 1. The van der Waals surface area contributed by atoms with Gasteiger partial charge in [-0.05, 0) is 32.0 Å². The average molecular weight is 319 g/mol. The molecule has 5 nitrogen and oxygen atoms in total. The number of nitrogens with zero attached hydrogens (tertiary/aromatic N) is 1. The summed E-state index contributed by atoms with van der Waals surface area (Å²) in [4.78, 5) is 11.8. The van der Waals surface area contributed by atoms with Gasteiger partial charge >= 0.3 is 6.03 Å². The highest BCUT2D eigenvalue weighted by atomic mass is 79.9. The maximum Gasteiger partial charge on any atom is 0.336 e. The number of halogens is 1. The second-order valence-electron chi connectivity index (χ2n) is 3.97. The van der Waals surface area contributed by atoms with Crippen LogP contribution in [-0.2, 0) is 10.0 Å². The number of rotatable bonds is 1. The van der Waals surface area contributed by atoms with Crippen LogP contribution in [0, 0.1) is 0 Å². The molecule has 1 aliphatic rings. The smallest absolute Gasteiger partial charge is 0.306 e. The van der Waals surface area contributed by atoms with Gasteiger partial charge in [0.1, 0.15) is 4.90 Å². The zero-order valence-corrected chi connectivity index (χ0v) is 11.7. The molecule has 1 aromatic rings. The Kier molecular flexibility index (Phi) is 2.90. The van der Waals surface area contributed by atoms with Gasteiger partial charge in [0.2, 0.25) is 0 Å². The van der Waals surface area contributed by atoms with Crippen molar-refractivity contribution < 1.29 is 13.2 Å². The third-order valence-electron chi connectivity index (χ3n) is 2.39. The Morgan fingerprint density at radius 2 is 2.00 bits per heavy atom. The van der Waals surface area contributed by atoms with Crippen LogP contribution in [0.2, 0.25) is 0 Å². The molecule has 1 N–H and O–H groups in total. The van der Waals surface area contributed by atoms with E-state index in [1.807, 2.05) is 0 Å². The van der Waals surface area contributed by atoms with E-state index in [2.05, 4.69) is 21.2 Å². The van der Waals surface area contributed by atoms with Crippen molar-refractivity contribution in [3.05, 3.63) is 22.7 Å². The van der Waals surface area contributed by atoms with Gasteiger partial charge in [0, 0.05) is 10.5 Å². The van der Waals surface area contributed by atoms with E-state index in [-0.39, 0.29) is 4.90 Å². The van der Waals surface area contributed by atoms with Gasteiger partial charge in [-0.3, -0.25) is 0 Å². The number of anilines is 1. The molecule has 0 bridgehead atoms. The van der Waals surface area contributed by atoms with E-state index in [1.54, 1.807) is 26.0 Å². The first kappa shape index (κ1) is 12.4. The fourth-order valence-corrected chi connectivity index (χ4v) is 3.93. The normalized spacial score (nSPS) is 17.9. The molecule has 2 rings (SSSR count). The quantitative estimate of drug-likeness (QED) is 0.864. The number of sulfonamides is 1. The second kappa shape index (κ2) is 3.99. The summed E-state index contributed by atoms with van der Waals surface area (Å²) in [5, 5.41) is 2.56. The molecule has 92 valence electrons. The molecule has 0 atom stereocenters. The van der Waals surface area contributed by atoms with E-state index in [9.17, 15) is 13.2 Å². The van der Waals surface area contributed by atoms with E-state index < -0.39 is 22.1 Å². The first-order chi connectivity index (χ1) is 7.84. The summed E-state index contributed by atoms with van der Waals surface area (Å²) < 4.78 is 26.0. The summed E-state index contributed by atoms with van der Waals surface area (Å²) in [7, 11) is -3.76. The van der Waals surface area contributed by atoms with E-state index >= 15 is 0 Å². The van der Waals surface area contributed by atoms with Crippen molar-refractivity contribution in [1.82, 2.24) is 4.31 Å². The van der Waals surface area contributed by atoms with Crippen molar-refractivity contribution in [3.63, 3.8) is 0 Å². The van der Waals surface area contributed by atoms with Crippen LogP contribution in [0.5, 0.6) is 0 Å². The second-order valence-corrected chi connectivity index (χ2v) is 6.66. The number of benzene rings is 1. The molecule has 17 heavy (non-hydrogen) atoms. The first-order valence-corrected chi connectivity index (χ1v) is 7.22. The Balaban J connectivity index is 2.68. The van der Waals surface area contributed by atoms with Gasteiger partial charge in [-0.15, -0.1) is 0 Å². The van der Waals surface area contributed by atoms with Gasteiger partial charge in [-0.2, -0.15) is 0 Å². The van der Waals surface area contributed by atoms with Crippen molar-refractivity contribution >= 4 is 37.7 Å². The summed E-state index contributed by atoms with van der Waals surface area (Å²) in [6, 6.07) is 3.69. The lowest BCUT2D eigenvalue weighted by molar-refractivity contribution is 0.228. The molecule has 0 saturated carbocycles. The van der Waals surface area contributed by atoms with Crippen LogP contribution in [0.3, 0.4) is 0 Å². The van der Waals surface area contributed by atoms with Gasteiger partial charge in [0.15, 0.2) is 0 Å². The molecular weight excluding hydrogens is 308 g/mol. The van der Waals surface area contributed by atoms with Crippen LogP contribution in [0.25, 0.3) is 0 Å². The van der Waals surface area contributed by atoms with Gasteiger partial charge in [0.05, 0.1) is 5.69 Å². The highest BCUT2D eigenvalue weighted by Crippen LogP contribution is 2.33. The Morgan fingerprint density at radius 3 is 2.59 bits per heavy atom. The zero-order valence-electron chi connectivity index (χ0n) is 9.27. The van der Waals surface area contributed by atoms with E-state index in [1.165, 1.54) is 6.07 Å². The third-order valence-corrected chi connectivity index (χ3v) is 4.88. The fourth-order valence-electron chi connectivity index (χ4n) is 1.71.